The Bertz CT molecular complexity index is 914. The predicted octanol–water partition coefficient (Wildman–Crippen LogP) is 5.12. The van der Waals surface area contributed by atoms with Gasteiger partial charge in [-0.1, -0.05) is 29.3 Å². The van der Waals surface area contributed by atoms with E-state index < -0.39 is 6.10 Å². The quantitative estimate of drug-likeness (QED) is 0.210. The zero-order valence-electron chi connectivity index (χ0n) is 15.6. The highest BCUT2D eigenvalue weighted by atomic mass is 127. The molecule has 0 aliphatic heterocycles. The third-order valence-corrected chi connectivity index (χ3v) is 5.05. The maximum Gasteiger partial charge on any atom is 0.236 e. The minimum Gasteiger partial charge on any atom is -0.443 e. The molecule has 1 atom stereocenters. The first-order chi connectivity index (χ1) is 13.5. The van der Waals surface area contributed by atoms with Crippen LogP contribution in [0.25, 0.3) is 10.8 Å². The van der Waals surface area contributed by atoms with Crippen LogP contribution in [0.2, 0.25) is 10.0 Å². The number of oxazole rings is 1. The molecule has 0 aliphatic carbocycles. The van der Waals surface area contributed by atoms with Crippen LogP contribution in [0.1, 0.15) is 24.3 Å². The van der Waals surface area contributed by atoms with E-state index in [0.717, 1.165) is 10.6 Å². The number of guanidine groups is 1. The van der Waals surface area contributed by atoms with Crippen LogP contribution in [0.15, 0.2) is 51.4 Å². The second kappa shape index (κ2) is 11.8. The molecule has 29 heavy (non-hydrogen) atoms. The first-order valence-corrected chi connectivity index (χ1v) is 10.3. The van der Waals surface area contributed by atoms with E-state index in [2.05, 4.69) is 20.6 Å². The van der Waals surface area contributed by atoms with Gasteiger partial charge in [-0.25, -0.2) is 9.98 Å². The number of benzene rings is 1. The van der Waals surface area contributed by atoms with Crippen LogP contribution >= 0.6 is 58.5 Å². The Morgan fingerprint density at radius 3 is 2.69 bits per heavy atom. The van der Waals surface area contributed by atoms with Gasteiger partial charge in [0.25, 0.3) is 0 Å². The number of aliphatic hydroxyl groups is 1. The van der Waals surface area contributed by atoms with Crippen molar-refractivity contribution in [2.24, 2.45) is 4.99 Å². The zero-order chi connectivity index (χ0) is 19.9. The molecule has 156 valence electrons. The summed E-state index contributed by atoms with van der Waals surface area (Å²) >= 11 is 13.6. The molecule has 0 radical (unpaired) electrons. The lowest BCUT2D eigenvalue weighted by atomic mass is 10.1. The van der Waals surface area contributed by atoms with Crippen molar-refractivity contribution in [3.63, 3.8) is 0 Å². The lowest BCUT2D eigenvalue weighted by Crippen LogP contribution is -2.39. The number of aliphatic hydroxyl groups excluding tert-OH is 1. The number of halogens is 3. The van der Waals surface area contributed by atoms with Gasteiger partial charge < -0.3 is 20.2 Å². The van der Waals surface area contributed by atoms with Crippen molar-refractivity contribution in [2.45, 2.75) is 19.6 Å². The first-order valence-electron chi connectivity index (χ1n) is 8.69. The Balaban J connectivity index is 0.00000300. The summed E-state index contributed by atoms with van der Waals surface area (Å²) in [5.74, 6) is 1.15. The third-order valence-electron chi connectivity index (χ3n) is 3.76. The summed E-state index contributed by atoms with van der Waals surface area (Å²) in [6.07, 6.45) is 0.822. The van der Waals surface area contributed by atoms with Crippen molar-refractivity contribution in [1.29, 1.82) is 0 Å². The fourth-order valence-corrected chi connectivity index (χ4v) is 3.67. The van der Waals surface area contributed by atoms with Gasteiger partial charge in [0.15, 0.2) is 5.96 Å². The lowest BCUT2D eigenvalue weighted by Gasteiger charge is -2.16. The molecule has 2 heterocycles. The highest BCUT2D eigenvalue weighted by Gasteiger charge is 2.11. The Morgan fingerprint density at radius 2 is 2.03 bits per heavy atom. The molecule has 3 aromatic rings. The first kappa shape index (κ1) is 23.9. The molecule has 0 bridgehead atoms. The molecule has 0 saturated carbocycles. The molecule has 6 nitrogen and oxygen atoms in total. The predicted molar refractivity (Wildman–Crippen MR) is 129 cm³/mol. The Hall–Kier alpha value is -1.33. The third kappa shape index (κ3) is 7.14. The van der Waals surface area contributed by atoms with Gasteiger partial charge in [-0.15, -0.1) is 35.3 Å². The van der Waals surface area contributed by atoms with Gasteiger partial charge in [-0.05, 0) is 42.1 Å². The number of nitrogens with one attached hydrogen (secondary N) is 2. The van der Waals surface area contributed by atoms with Gasteiger partial charge in [-0.3, -0.25) is 0 Å². The number of hydrogen-bond acceptors (Lipinski definition) is 5. The average Bonchev–Trinajstić information content (AvgIpc) is 3.34. The monoisotopic (exact) mass is 566 g/mol. The number of hydrogen-bond donors (Lipinski definition) is 3. The van der Waals surface area contributed by atoms with Crippen molar-refractivity contribution in [3.05, 3.63) is 63.3 Å². The topological polar surface area (TPSA) is 82.7 Å². The average molecular weight is 567 g/mol. The standard InChI is InChI=1S/C19H20Cl2N4O2S.HI/c1-2-22-19(24-10-16(26)12-6-13(20)8-14(21)7-12)23-9-15-11-27-18(25-15)17-4-3-5-28-17;/h3-8,11,16,26H,2,9-10H2,1H3,(H2,22,23,24);1H. The van der Waals surface area contributed by atoms with Gasteiger partial charge >= 0.3 is 0 Å². The van der Waals surface area contributed by atoms with Crippen LogP contribution in [-0.2, 0) is 6.54 Å². The molecule has 1 aromatic carbocycles. The molecular weight excluding hydrogens is 546 g/mol. The van der Waals surface area contributed by atoms with Crippen LogP contribution in [-0.4, -0.2) is 29.1 Å². The molecule has 10 heteroatoms. The van der Waals surface area contributed by atoms with Gasteiger partial charge in [0.05, 0.1) is 17.5 Å². The fraction of sp³-hybridized carbons (Fsp3) is 0.263. The van der Waals surface area contributed by atoms with Crippen LogP contribution in [0, 0.1) is 0 Å². The molecule has 3 N–H and O–H groups in total. The van der Waals surface area contributed by atoms with E-state index in [1.807, 2.05) is 24.4 Å². The van der Waals surface area contributed by atoms with Crippen molar-refractivity contribution in [2.75, 3.05) is 13.1 Å². The van der Waals surface area contributed by atoms with Crippen molar-refractivity contribution < 1.29 is 9.52 Å². The maximum absolute atomic E-state index is 10.4. The summed E-state index contributed by atoms with van der Waals surface area (Å²) in [6.45, 7) is 3.25. The summed E-state index contributed by atoms with van der Waals surface area (Å²) in [5, 5.41) is 19.6. The van der Waals surface area contributed by atoms with E-state index in [0.29, 0.717) is 40.5 Å². The van der Waals surface area contributed by atoms with E-state index >= 15 is 0 Å². The van der Waals surface area contributed by atoms with Crippen LogP contribution in [0.4, 0.5) is 0 Å². The molecular formula is C19H21Cl2IN4O2S. The second-order valence-electron chi connectivity index (χ2n) is 5.92. The highest BCUT2D eigenvalue weighted by molar-refractivity contribution is 14.0. The van der Waals surface area contributed by atoms with Crippen molar-refractivity contribution >= 4 is 64.5 Å². The minimum absolute atomic E-state index is 0. The molecule has 1 unspecified atom stereocenters. The number of rotatable bonds is 7. The van der Waals surface area contributed by atoms with Crippen molar-refractivity contribution in [3.8, 4) is 10.8 Å². The number of thiophene rings is 1. The minimum atomic E-state index is -0.780. The summed E-state index contributed by atoms with van der Waals surface area (Å²) in [4.78, 5) is 9.92. The largest absolute Gasteiger partial charge is 0.443 e. The number of nitrogens with zero attached hydrogens (tertiary/aromatic N) is 2. The van der Waals surface area contributed by atoms with Crippen molar-refractivity contribution in [1.82, 2.24) is 15.6 Å². The normalized spacial score (nSPS) is 12.3. The summed E-state index contributed by atoms with van der Waals surface area (Å²) in [6, 6.07) is 8.91. The summed E-state index contributed by atoms with van der Waals surface area (Å²) in [5.41, 5.74) is 1.36. The Morgan fingerprint density at radius 1 is 1.28 bits per heavy atom. The molecule has 3 rings (SSSR count). The molecule has 0 amide bonds. The molecule has 0 spiro atoms. The van der Waals surface area contributed by atoms with E-state index in [1.165, 1.54) is 0 Å². The van der Waals surface area contributed by atoms with Crippen LogP contribution < -0.4 is 10.6 Å². The van der Waals surface area contributed by atoms with Crippen LogP contribution in [0.3, 0.4) is 0 Å². The fourth-order valence-electron chi connectivity index (χ4n) is 2.47. The van der Waals surface area contributed by atoms with E-state index in [1.54, 1.807) is 35.8 Å². The number of aliphatic imine (C=N–C) groups is 1. The molecule has 0 saturated heterocycles. The van der Waals surface area contributed by atoms with Gasteiger partial charge in [0.1, 0.15) is 12.0 Å². The van der Waals surface area contributed by atoms with E-state index in [9.17, 15) is 5.11 Å². The lowest BCUT2D eigenvalue weighted by molar-refractivity contribution is 0.181. The SMILES string of the molecule is CCNC(=NCc1coc(-c2cccs2)n1)NCC(O)c1cc(Cl)cc(Cl)c1.I. The van der Waals surface area contributed by atoms with E-state index in [-0.39, 0.29) is 30.5 Å². The summed E-state index contributed by atoms with van der Waals surface area (Å²) in [7, 11) is 0. The van der Waals surface area contributed by atoms with Gasteiger partial charge in [0.2, 0.25) is 5.89 Å². The highest BCUT2D eigenvalue weighted by Crippen LogP contribution is 2.24. The van der Waals surface area contributed by atoms with Crippen LogP contribution in [0.5, 0.6) is 0 Å². The van der Waals surface area contributed by atoms with Gasteiger partial charge in [-0.2, -0.15) is 0 Å². The molecule has 0 aliphatic rings. The zero-order valence-corrected chi connectivity index (χ0v) is 20.2. The Labute approximate surface area is 200 Å². The molecule has 2 aromatic heterocycles. The Kier molecular flexibility index (Phi) is 9.70. The van der Waals surface area contributed by atoms with Gasteiger partial charge in [0, 0.05) is 23.1 Å². The second-order valence-corrected chi connectivity index (χ2v) is 7.74. The van der Waals surface area contributed by atoms with E-state index in [4.69, 9.17) is 27.6 Å². The number of aromatic nitrogens is 1. The molecule has 0 fully saturated rings. The smallest absolute Gasteiger partial charge is 0.236 e. The maximum atomic E-state index is 10.4. The summed E-state index contributed by atoms with van der Waals surface area (Å²) < 4.78 is 5.50.